The topological polar surface area (TPSA) is 72.7 Å². The van der Waals surface area contributed by atoms with E-state index in [9.17, 15) is 9.59 Å². The fourth-order valence-electron chi connectivity index (χ4n) is 2.26. The van der Waals surface area contributed by atoms with Crippen molar-refractivity contribution < 1.29 is 14.3 Å². The molecule has 1 aromatic carbocycles. The number of ether oxygens (including phenoxy) is 1. The van der Waals surface area contributed by atoms with E-state index in [4.69, 9.17) is 4.74 Å². The quantitative estimate of drug-likeness (QED) is 0.695. The molecular formula is C17H14BrN3O3. The van der Waals surface area contributed by atoms with Crippen LogP contribution < -0.4 is 5.32 Å². The lowest BCUT2D eigenvalue weighted by Crippen LogP contribution is -2.12. The molecule has 0 atom stereocenters. The molecule has 0 unspecified atom stereocenters. The molecule has 0 saturated carbocycles. The Balaban J connectivity index is 1.89. The molecule has 7 heteroatoms. The first-order valence-corrected chi connectivity index (χ1v) is 8.09. The van der Waals surface area contributed by atoms with E-state index in [0.717, 1.165) is 4.47 Å². The first-order chi connectivity index (χ1) is 11.6. The second kappa shape index (κ2) is 6.84. The Kier molecular flexibility index (Phi) is 4.61. The van der Waals surface area contributed by atoms with E-state index in [1.165, 1.54) is 6.20 Å². The fraction of sp³-hybridized carbons (Fsp3) is 0.118. The van der Waals surface area contributed by atoms with Gasteiger partial charge >= 0.3 is 5.97 Å². The number of nitrogens with zero attached hydrogens (tertiary/aromatic N) is 2. The van der Waals surface area contributed by atoms with Crippen LogP contribution in [0.15, 0.2) is 53.3 Å². The highest BCUT2D eigenvalue weighted by Crippen LogP contribution is 2.18. The summed E-state index contributed by atoms with van der Waals surface area (Å²) in [5.41, 5.74) is 2.03. The van der Waals surface area contributed by atoms with Gasteiger partial charge in [-0.15, -0.1) is 0 Å². The molecule has 0 aliphatic heterocycles. The van der Waals surface area contributed by atoms with Crippen LogP contribution in [0, 0.1) is 0 Å². The van der Waals surface area contributed by atoms with Gasteiger partial charge in [0, 0.05) is 21.9 Å². The van der Waals surface area contributed by atoms with Crippen LogP contribution in [0.3, 0.4) is 0 Å². The predicted octanol–water partition coefficient (Wildman–Crippen LogP) is 3.53. The third-order valence-electron chi connectivity index (χ3n) is 3.36. The molecule has 0 spiro atoms. The maximum Gasteiger partial charge on any atom is 0.341 e. The Hall–Kier alpha value is -2.67. The number of carbonyl (C=O) groups is 2. The zero-order valence-corrected chi connectivity index (χ0v) is 14.4. The van der Waals surface area contributed by atoms with Crippen molar-refractivity contribution >= 4 is 39.0 Å². The summed E-state index contributed by atoms with van der Waals surface area (Å²) in [6.07, 6.45) is 3.13. The zero-order chi connectivity index (χ0) is 17.1. The van der Waals surface area contributed by atoms with Gasteiger partial charge in [0.15, 0.2) is 0 Å². The minimum Gasteiger partial charge on any atom is -0.462 e. The van der Waals surface area contributed by atoms with E-state index < -0.39 is 5.97 Å². The van der Waals surface area contributed by atoms with Gasteiger partial charge in [-0.05, 0) is 37.3 Å². The lowest BCUT2D eigenvalue weighted by molar-refractivity contribution is 0.0528. The van der Waals surface area contributed by atoms with Crippen molar-refractivity contribution in [2.24, 2.45) is 0 Å². The standard InChI is InChI=1S/C17H14BrN3O3/c1-2-24-17(23)14-10-19-21-7-6-13(9-15(14)21)20-16(22)11-4-3-5-12(18)8-11/h3-10H,2H2,1H3,(H,20,22). The van der Waals surface area contributed by atoms with Crippen LogP contribution in [0.1, 0.15) is 27.6 Å². The summed E-state index contributed by atoms with van der Waals surface area (Å²) in [7, 11) is 0. The van der Waals surface area contributed by atoms with E-state index >= 15 is 0 Å². The molecule has 24 heavy (non-hydrogen) atoms. The summed E-state index contributed by atoms with van der Waals surface area (Å²) < 4.78 is 7.39. The molecular weight excluding hydrogens is 374 g/mol. The van der Waals surface area contributed by atoms with Gasteiger partial charge in [-0.2, -0.15) is 5.10 Å². The number of anilines is 1. The molecule has 0 radical (unpaired) electrons. The number of rotatable bonds is 4. The lowest BCUT2D eigenvalue weighted by atomic mass is 10.2. The van der Waals surface area contributed by atoms with Crippen molar-refractivity contribution in [1.29, 1.82) is 0 Å². The minimum atomic E-state index is -0.442. The Bertz CT molecular complexity index is 920. The molecule has 0 bridgehead atoms. The number of nitrogens with one attached hydrogen (secondary N) is 1. The number of hydrogen-bond acceptors (Lipinski definition) is 4. The van der Waals surface area contributed by atoms with Crippen LogP contribution in [-0.4, -0.2) is 28.1 Å². The summed E-state index contributed by atoms with van der Waals surface area (Å²) in [6.45, 7) is 2.03. The molecule has 6 nitrogen and oxygen atoms in total. The van der Waals surface area contributed by atoms with Crippen molar-refractivity contribution in [3.63, 3.8) is 0 Å². The molecule has 1 amide bonds. The minimum absolute atomic E-state index is 0.238. The van der Waals surface area contributed by atoms with Gasteiger partial charge in [0.1, 0.15) is 5.56 Å². The zero-order valence-electron chi connectivity index (χ0n) is 12.8. The highest BCUT2D eigenvalue weighted by molar-refractivity contribution is 9.10. The van der Waals surface area contributed by atoms with E-state index in [2.05, 4.69) is 26.3 Å². The molecule has 2 heterocycles. The third-order valence-corrected chi connectivity index (χ3v) is 3.85. The van der Waals surface area contributed by atoms with Crippen molar-refractivity contribution in [3.8, 4) is 0 Å². The number of aromatic nitrogens is 2. The highest BCUT2D eigenvalue weighted by atomic mass is 79.9. The molecule has 3 aromatic rings. The summed E-state index contributed by atoms with van der Waals surface area (Å²) in [4.78, 5) is 24.3. The Morgan fingerprint density at radius 2 is 2.12 bits per heavy atom. The van der Waals surface area contributed by atoms with Gasteiger partial charge in [-0.1, -0.05) is 22.0 Å². The molecule has 3 rings (SSSR count). The van der Waals surface area contributed by atoms with Crippen molar-refractivity contribution in [2.45, 2.75) is 6.92 Å². The maximum absolute atomic E-state index is 12.3. The summed E-state index contributed by atoms with van der Waals surface area (Å²) >= 11 is 3.34. The van der Waals surface area contributed by atoms with Gasteiger partial charge in [0.05, 0.1) is 18.3 Å². The molecule has 0 saturated heterocycles. The normalized spacial score (nSPS) is 10.6. The molecule has 0 fully saturated rings. The number of halogens is 1. The Morgan fingerprint density at radius 3 is 2.88 bits per heavy atom. The van der Waals surface area contributed by atoms with Crippen LogP contribution in [0.2, 0.25) is 0 Å². The maximum atomic E-state index is 12.3. The fourth-order valence-corrected chi connectivity index (χ4v) is 2.66. The highest BCUT2D eigenvalue weighted by Gasteiger charge is 2.15. The van der Waals surface area contributed by atoms with Crippen molar-refractivity contribution in [1.82, 2.24) is 9.61 Å². The second-order valence-electron chi connectivity index (χ2n) is 4.99. The van der Waals surface area contributed by atoms with Crippen molar-refractivity contribution in [3.05, 3.63) is 64.4 Å². The van der Waals surface area contributed by atoms with E-state index in [-0.39, 0.29) is 12.5 Å². The average molecular weight is 388 g/mol. The number of benzene rings is 1. The van der Waals surface area contributed by atoms with Crippen LogP contribution in [0.5, 0.6) is 0 Å². The number of carbonyl (C=O) groups excluding carboxylic acids is 2. The van der Waals surface area contributed by atoms with Gasteiger partial charge < -0.3 is 10.1 Å². The third kappa shape index (κ3) is 3.30. The average Bonchev–Trinajstić information content (AvgIpc) is 2.98. The van der Waals surface area contributed by atoms with Gasteiger partial charge in [0.25, 0.3) is 5.91 Å². The number of amides is 1. The predicted molar refractivity (Wildman–Crippen MR) is 93.2 cm³/mol. The molecule has 2 aromatic heterocycles. The Labute approximate surface area is 146 Å². The molecule has 122 valence electrons. The second-order valence-corrected chi connectivity index (χ2v) is 5.90. The SMILES string of the molecule is CCOC(=O)c1cnn2ccc(NC(=O)c3cccc(Br)c3)cc12. The van der Waals surface area contributed by atoms with E-state index in [1.807, 2.05) is 6.07 Å². The molecule has 0 aliphatic rings. The van der Waals surface area contributed by atoms with Crippen molar-refractivity contribution in [2.75, 3.05) is 11.9 Å². The van der Waals surface area contributed by atoms with Crippen LogP contribution in [0.25, 0.3) is 5.52 Å². The largest absolute Gasteiger partial charge is 0.462 e. The number of hydrogen-bond donors (Lipinski definition) is 1. The van der Waals surface area contributed by atoms with Crippen LogP contribution in [0.4, 0.5) is 5.69 Å². The summed E-state index contributed by atoms with van der Waals surface area (Å²) in [6, 6.07) is 10.5. The van der Waals surface area contributed by atoms with Gasteiger partial charge in [-0.25, -0.2) is 9.31 Å². The number of fused-ring (bicyclic) bond motifs is 1. The first kappa shape index (κ1) is 16.2. The van der Waals surface area contributed by atoms with E-state index in [1.54, 1.807) is 48.0 Å². The van der Waals surface area contributed by atoms with Gasteiger partial charge in [0.2, 0.25) is 0 Å². The van der Waals surface area contributed by atoms with Gasteiger partial charge in [-0.3, -0.25) is 4.79 Å². The van der Waals surface area contributed by atoms with Crippen LogP contribution in [-0.2, 0) is 4.74 Å². The summed E-state index contributed by atoms with van der Waals surface area (Å²) in [5, 5.41) is 6.92. The van der Waals surface area contributed by atoms with Crippen LogP contribution >= 0.6 is 15.9 Å². The smallest absolute Gasteiger partial charge is 0.341 e. The molecule has 1 N–H and O–H groups in total. The number of esters is 1. The monoisotopic (exact) mass is 387 g/mol. The first-order valence-electron chi connectivity index (χ1n) is 7.30. The Morgan fingerprint density at radius 1 is 1.29 bits per heavy atom. The summed E-state index contributed by atoms with van der Waals surface area (Å²) in [5.74, 6) is -0.680. The van der Waals surface area contributed by atoms with E-state index in [0.29, 0.717) is 22.3 Å². The lowest BCUT2D eigenvalue weighted by Gasteiger charge is -2.07. The number of pyridine rings is 1. The molecule has 0 aliphatic carbocycles.